The van der Waals surface area contributed by atoms with Gasteiger partial charge in [0.15, 0.2) is 0 Å². The van der Waals surface area contributed by atoms with E-state index in [9.17, 15) is 14.4 Å². The number of benzene rings is 2. The molecule has 2 aliphatic rings. The highest BCUT2D eigenvalue weighted by Gasteiger charge is 2.43. The Morgan fingerprint density at radius 2 is 2.06 bits per heavy atom. The fourth-order valence-electron chi connectivity index (χ4n) is 3.76. The normalized spacial score (nSPS) is 17.6. The number of thioether (sulfide) groups is 1. The first-order valence-electron chi connectivity index (χ1n) is 10.2. The molecular weight excluding hydrogens is 430 g/mol. The predicted molar refractivity (Wildman–Crippen MR) is 120 cm³/mol. The number of esters is 1. The monoisotopic (exact) mass is 453 g/mol. The van der Waals surface area contributed by atoms with E-state index in [4.69, 9.17) is 9.47 Å². The van der Waals surface area contributed by atoms with E-state index in [1.807, 2.05) is 43.5 Å². The highest BCUT2D eigenvalue weighted by molar-refractivity contribution is 7.98. The number of rotatable bonds is 7. The molecule has 2 N–H and O–H groups in total. The van der Waals surface area contributed by atoms with E-state index in [2.05, 4.69) is 10.6 Å². The summed E-state index contributed by atoms with van der Waals surface area (Å²) in [5.41, 5.74) is 2.00. The molecular formula is C23H23N3O5S. The molecule has 32 heavy (non-hydrogen) atoms. The molecule has 2 aromatic rings. The second kappa shape index (κ2) is 9.35. The molecule has 9 heteroatoms. The van der Waals surface area contributed by atoms with E-state index in [0.29, 0.717) is 34.9 Å². The lowest BCUT2D eigenvalue weighted by Gasteiger charge is -2.33. The Bertz CT molecular complexity index is 1100. The van der Waals surface area contributed by atoms with E-state index in [-0.39, 0.29) is 19.1 Å². The second-order valence-electron chi connectivity index (χ2n) is 7.16. The molecule has 0 aliphatic carbocycles. The Balaban J connectivity index is 1.60. The van der Waals surface area contributed by atoms with Gasteiger partial charge in [0.25, 0.3) is 0 Å². The molecule has 0 fully saturated rings. The molecule has 0 bridgehead atoms. The number of urea groups is 1. The number of nitrogens with zero attached hydrogens (tertiary/aromatic N) is 1. The number of carbonyl (C=O) groups is 3. The topological polar surface area (TPSA) is 97.0 Å². The average molecular weight is 454 g/mol. The number of ether oxygens (including phenoxy) is 2. The summed E-state index contributed by atoms with van der Waals surface area (Å²) in [4.78, 5) is 40.5. The number of hydrogen-bond acceptors (Lipinski definition) is 6. The second-order valence-corrected chi connectivity index (χ2v) is 8.04. The van der Waals surface area contributed by atoms with Gasteiger partial charge in [0.1, 0.15) is 18.9 Å². The van der Waals surface area contributed by atoms with Crippen LogP contribution in [0.4, 0.5) is 10.5 Å². The van der Waals surface area contributed by atoms with Crippen molar-refractivity contribution in [2.45, 2.75) is 17.9 Å². The fourth-order valence-corrected chi connectivity index (χ4v) is 4.22. The molecule has 2 aromatic carbocycles. The summed E-state index contributed by atoms with van der Waals surface area (Å²) in [5.74, 6) is -0.320. The van der Waals surface area contributed by atoms with E-state index in [1.54, 1.807) is 30.0 Å². The molecule has 0 aromatic heterocycles. The van der Waals surface area contributed by atoms with Crippen molar-refractivity contribution in [1.82, 2.24) is 10.2 Å². The van der Waals surface area contributed by atoms with Crippen LogP contribution in [0, 0.1) is 0 Å². The van der Waals surface area contributed by atoms with Crippen LogP contribution in [0.3, 0.4) is 0 Å². The quantitative estimate of drug-likeness (QED) is 0.493. The summed E-state index contributed by atoms with van der Waals surface area (Å²) in [6.45, 7) is 1.99. The van der Waals surface area contributed by atoms with Crippen molar-refractivity contribution >= 4 is 35.4 Å². The van der Waals surface area contributed by atoms with Gasteiger partial charge in [-0.3, -0.25) is 9.69 Å². The molecule has 3 amide bonds. The van der Waals surface area contributed by atoms with Crippen LogP contribution in [-0.2, 0) is 14.3 Å². The van der Waals surface area contributed by atoms with Gasteiger partial charge in [-0.25, -0.2) is 9.59 Å². The van der Waals surface area contributed by atoms with Gasteiger partial charge >= 0.3 is 12.0 Å². The van der Waals surface area contributed by atoms with Crippen molar-refractivity contribution in [3.8, 4) is 5.75 Å². The summed E-state index contributed by atoms with van der Waals surface area (Å²) in [5, 5.41) is 5.64. The van der Waals surface area contributed by atoms with Crippen molar-refractivity contribution in [1.29, 1.82) is 0 Å². The third kappa shape index (κ3) is 4.29. The van der Waals surface area contributed by atoms with E-state index in [0.717, 1.165) is 4.90 Å². The van der Waals surface area contributed by atoms with E-state index in [1.165, 1.54) is 4.90 Å². The number of hydrogen-bond donors (Lipinski definition) is 2. The molecule has 0 saturated heterocycles. The highest BCUT2D eigenvalue weighted by Crippen LogP contribution is 2.38. The number of nitrogens with one attached hydrogen (secondary N) is 2. The molecule has 4 rings (SSSR count). The summed E-state index contributed by atoms with van der Waals surface area (Å²) in [6, 6.07) is 13.4. The third-order valence-electron chi connectivity index (χ3n) is 5.18. The molecule has 1 atom stereocenters. The maximum absolute atomic E-state index is 13.0. The number of amides is 3. The molecule has 166 valence electrons. The third-order valence-corrected chi connectivity index (χ3v) is 5.91. The zero-order valence-corrected chi connectivity index (χ0v) is 18.5. The Morgan fingerprint density at radius 1 is 1.25 bits per heavy atom. The molecule has 2 heterocycles. The zero-order valence-electron chi connectivity index (χ0n) is 17.7. The van der Waals surface area contributed by atoms with Gasteiger partial charge in [0.2, 0.25) is 5.91 Å². The highest BCUT2D eigenvalue weighted by atomic mass is 32.2. The van der Waals surface area contributed by atoms with Crippen LogP contribution in [0.15, 0.2) is 64.7 Å². The van der Waals surface area contributed by atoms with Gasteiger partial charge in [-0.05, 0) is 37.4 Å². The molecule has 0 spiro atoms. The van der Waals surface area contributed by atoms with Crippen LogP contribution < -0.4 is 15.4 Å². The van der Waals surface area contributed by atoms with Crippen molar-refractivity contribution in [2.75, 3.05) is 31.3 Å². The Hall–Kier alpha value is -3.46. The minimum atomic E-state index is -0.715. The van der Waals surface area contributed by atoms with Crippen molar-refractivity contribution in [3.05, 3.63) is 65.4 Å². The minimum absolute atomic E-state index is 0.0653. The smallest absolute Gasteiger partial charge is 0.338 e. The maximum atomic E-state index is 13.0. The van der Waals surface area contributed by atoms with Crippen molar-refractivity contribution < 1.29 is 23.9 Å². The SMILES string of the molecule is CCOc1ccccc1[C@H]1NC(=O)N(CC(=O)Nc2cccc(SC)c2)C2=C1C(=O)OC2. The number of anilines is 1. The summed E-state index contributed by atoms with van der Waals surface area (Å²) in [6.07, 6.45) is 1.95. The van der Waals surface area contributed by atoms with E-state index < -0.39 is 18.0 Å². The summed E-state index contributed by atoms with van der Waals surface area (Å²) < 4.78 is 10.9. The van der Waals surface area contributed by atoms with Crippen molar-refractivity contribution in [2.24, 2.45) is 0 Å². The van der Waals surface area contributed by atoms with Gasteiger partial charge in [0.05, 0.1) is 23.9 Å². The number of para-hydroxylation sites is 1. The molecule has 8 nitrogen and oxygen atoms in total. The largest absolute Gasteiger partial charge is 0.494 e. The van der Waals surface area contributed by atoms with Gasteiger partial charge in [0, 0.05) is 16.1 Å². The van der Waals surface area contributed by atoms with Crippen LogP contribution in [-0.4, -0.2) is 48.8 Å². The molecule has 2 aliphatic heterocycles. The van der Waals surface area contributed by atoms with Gasteiger partial charge in [-0.1, -0.05) is 24.3 Å². The number of carbonyl (C=O) groups excluding carboxylic acids is 3. The van der Waals surface area contributed by atoms with Crippen LogP contribution >= 0.6 is 11.8 Å². The number of cyclic esters (lactones) is 1. The summed E-state index contributed by atoms with van der Waals surface area (Å²) in [7, 11) is 0. The van der Waals surface area contributed by atoms with Gasteiger partial charge < -0.3 is 20.1 Å². The lowest BCUT2D eigenvalue weighted by atomic mass is 9.95. The summed E-state index contributed by atoms with van der Waals surface area (Å²) >= 11 is 1.56. The van der Waals surface area contributed by atoms with E-state index >= 15 is 0 Å². The lowest BCUT2D eigenvalue weighted by Crippen LogP contribution is -2.49. The van der Waals surface area contributed by atoms with Crippen molar-refractivity contribution in [3.63, 3.8) is 0 Å². The van der Waals surface area contributed by atoms with Crippen LogP contribution in [0.2, 0.25) is 0 Å². The Labute approximate surface area is 189 Å². The lowest BCUT2D eigenvalue weighted by molar-refractivity contribution is -0.136. The Morgan fingerprint density at radius 3 is 2.84 bits per heavy atom. The Kier molecular flexibility index (Phi) is 6.36. The first-order chi connectivity index (χ1) is 15.5. The predicted octanol–water partition coefficient (Wildman–Crippen LogP) is 3.32. The first-order valence-corrected chi connectivity index (χ1v) is 11.4. The van der Waals surface area contributed by atoms with Gasteiger partial charge in [-0.15, -0.1) is 11.8 Å². The van der Waals surface area contributed by atoms with Crippen LogP contribution in [0.5, 0.6) is 5.75 Å². The fraction of sp³-hybridized carbons (Fsp3) is 0.261. The zero-order chi connectivity index (χ0) is 22.7. The van der Waals surface area contributed by atoms with Gasteiger partial charge in [-0.2, -0.15) is 0 Å². The molecule has 0 unspecified atom stereocenters. The van der Waals surface area contributed by atoms with Crippen LogP contribution in [0.25, 0.3) is 0 Å². The minimum Gasteiger partial charge on any atom is -0.494 e. The first kappa shape index (κ1) is 21.8. The maximum Gasteiger partial charge on any atom is 0.338 e. The molecule has 0 radical (unpaired) electrons. The standard InChI is InChI=1S/C23H23N3O5S/c1-3-30-18-10-5-4-9-16(18)21-20-17(13-31-22(20)28)26(23(29)25-21)12-19(27)24-14-7-6-8-15(11-14)32-2/h4-11,21H,3,12-13H2,1-2H3,(H,24,27)(H,25,29)/t21-/m1/s1. The average Bonchev–Trinajstić information content (AvgIpc) is 3.18. The molecule has 0 saturated carbocycles. The van der Waals surface area contributed by atoms with Crippen LogP contribution in [0.1, 0.15) is 18.5 Å².